The zero-order chi connectivity index (χ0) is 29.1. The summed E-state index contributed by atoms with van der Waals surface area (Å²) in [5.41, 5.74) is 16.9. The number of aliphatic imine (C=N–C) groups is 1. The standard InChI is InChI=1S/C27H41N7O5/c1-15(2)12-19(28)23(35)34-22(16(3)4)25(37)33-20(9-7-11-31-27(29)30)24(36)32-14-18-13-17-8-5-6-10-21(17)39-26(18)38/h5-6,8,10,13,15-16,19-20,22H,7,9,11-12,14,28H2,1-4H3,(H,32,36)(H,33,37)(H,34,35)(H4,29,30,31)/t19-,20-,22-/m0/s1. The lowest BCUT2D eigenvalue weighted by molar-refractivity contribution is -0.133. The van der Waals surface area contributed by atoms with E-state index >= 15 is 0 Å². The summed E-state index contributed by atoms with van der Waals surface area (Å²) >= 11 is 0. The molecule has 214 valence electrons. The summed E-state index contributed by atoms with van der Waals surface area (Å²) in [4.78, 5) is 55.3. The van der Waals surface area contributed by atoms with E-state index in [-0.39, 0.29) is 42.9 Å². The minimum absolute atomic E-state index is 0.0802. The van der Waals surface area contributed by atoms with Crippen LogP contribution in [0, 0.1) is 11.8 Å². The highest BCUT2D eigenvalue weighted by molar-refractivity contribution is 5.93. The van der Waals surface area contributed by atoms with Gasteiger partial charge >= 0.3 is 5.63 Å². The molecule has 0 aliphatic carbocycles. The van der Waals surface area contributed by atoms with Gasteiger partial charge in [0.1, 0.15) is 17.7 Å². The van der Waals surface area contributed by atoms with E-state index in [1.54, 1.807) is 38.1 Å². The van der Waals surface area contributed by atoms with Crippen LogP contribution in [0.1, 0.15) is 52.5 Å². The van der Waals surface area contributed by atoms with Gasteiger partial charge in [-0.3, -0.25) is 19.4 Å². The first-order valence-corrected chi connectivity index (χ1v) is 13.1. The van der Waals surface area contributed by atoms with Gasteiger partial charge in [0.2, 0.25) is 17.7 Å². The number of amides is 3. The number of rotatable bonds is 14. The van der Waals surface area contributed by atoms with E-state index in [1.165, 1.54) is 0 Å². The summed E-state index contributed by atoms with van der Waals surface area (Å²) in [5, 5.41) is 8.87. The zero-order valence-corrected chi connectivity index (χ0v) is 23.0. The van der Waals surface area contributed by atoms with Gasteiger partial charge in [0.15, 0.2) is 5.96 Å². The highest BCUT2D eigenvalue weighted by Gasteiger charge is 2.30. The smallest absolute Gasteiger partial charge is 0.341 e. The van der Waals surface area contributed by atoms with Gasteiger partial charge in [-0.05, 0) is 43.2 Å². The Bertz CT molecular complexity index is 1220. The first kappa shape index (κ1) is 31.3. The average molecular weight is 544 g/mol. The van der Waals surface area contributed by atoms with Crippen LogP contribution in [-0.2, 0) is 20.9 Å². The van der Waals surface area contributed by atoms with E-state index in [9.17, 15) is 19.2 Å². The second-order valence-electron chi connectivity index (χ2n) is 10.3. The predicted octanol–water partition coefficient (Wildman–Crippen LogP) is 0.462. The number of nitrogens with zero attached hydrogens (tertiary/aromatic N) is 1. The Morgan fingerprint density at radius 3 is 2.33 bits per heavy atom. The molecule has 0 saturated carbocycles. The van der Waals surface area contributed by atoms with Crippen LogP contribution >= 0.6 is 0 Å². The van der Waals surface area contributed by atoms with E-state index in [0.717, 1.165) is 5.39 Å². The van der Waals surface area contributed by atoms with Crippen molar-refractivity contribution in [3.8, 4) is 0 Å². The van der Waals surface area contributed by atoms with Crippen LogP contribution in [-0.4, -0.2) is 48.4 Å². The molecule has 39 heavy (non-hydrogen) atoms. The summed E-state index contributed by atoms with van der Waals surface area (Å²) in [6.07, 6.45) is 1.08. The van der Waals surface area contributed by atoms with Gasteiger partial charge in [-0.2, -0.15) is 0 Å². The fraction of sp³-hybridized carbons (Fsp3) is 0.519. The van der Waals surface area contributed by atoms with E-state index < -0.39 is 41.5 Å². The third-order valence-corrected chi connectivity index (χ3v) is 6.05. The summed E-state index contributed by atoms with van der Waals surface area (Å²) in [7, 11) is 0. The number of nitrogens with one attached hydrogen (secondary N) is 3. The number of guanidine groups is 1. The first-order chi connectivity index (χ1) is 18.4. The summed E-state index contributed by atoms with van der Waals surface area (Å²) in [6.45, 7) is 7.63. The number of nitrogens with two attached hydrogens (primary N) is 3. The molecule has 9 N–H and O–H groups in total. The topological polar surface area (TPSA) is 208 Å². The van der Waals surface area contributed by atoms with Crippen LogP contribution < -0.4 is 38.8 Å². The van der Waals surface area contributed by atoms with Gasteiger partial charge in [-0.15, -0.1) is 0 Å². The molecule has 0 spiro atoms. The Hall–Kier alpha value is -3.93. The highest BCUT2D eigenvalue weighted by atomic mass is 16.4. The monoisotopic (exact) mass is 543 g/mol. The van der Waals surface area contributed by atoms with Crippen LogP contribution in [0.15, 0.2) is 44.5 Å². The number of hydrogen-bond acceptors (Lipinski definition) is 7. The van der Waals surface area contributed by atoms with Gasteiger partial charge in [-0.25, -0.2) is 4.79 Å². The summed E-state index contributed by atoms with van der Waals surface area (Å²) in [6, 6.07) is 6.06. The van der Waals surface area contributed by atoms with Crippen molar-refractivity contribution in [3.05, 3.63) is 46.3 Å². The quantitative estimate of drug-likeness (QED) is 0.0851. The van der Waals surface area contributed by atoms with Crippen molar-refractivity contribution in [1.82, 2.24) is 16.0 Å². The number of fused-ring (bicyclic) bond motifs is 1. The average Bonchev–Trinajstić information content (AvgIpc) is 2.86. The van der Waals surface area contributed by atoms with Gasteiger partial charge in [0, 0.05) is 11.9 Å². The molecule has 0 unspecified atom stereocenters. The molecule has 12 heteroatoms. The maximum atomic E-state index is 13.2. The van der Waals surface area contributed by atoms with Crippen molar-refractivity contribution in [2.24, 2.45) is 34.0 Å². The Morgan fingerprint density at radius 2 is 1.69 bits per heavy atom. The van der Waals surface area contributed by atoms with Crippen LogP contribution in [0.3, 0.4) is 0 Å². The molecule has 3 amide bonds. The lowest BCUT2D eigenvalue weighted by Crippen LogP contribution is -2.57. The summed E-state index contributed by atoms with van der Waals surface area (Å²) < 4.78 is 5.32. The molecule has 0 fully saturated rings. The largest absolute Gasteiger partial charge is 0.422 e. The molecule has 1 heterocycles. The number of benzene rings is 1. The molecule has 12 nitrogen and oxygen atoms in total. The Labute approximate surface area is 228 Å². The van der Waals surface area contributed by atoms with Crippen molar-refractivity contribution in [3.63, 3.8) is 0 Å². The van der Waals surface area contributed by atoms with E-state index in [4.69, 9.17) is 21.6 Å². The fourth-order valence-electron chi connectivity index (χ4n) is 3.98. The molecule has 1 aromatic carbocycles. The number of para-hydroxylation sites is 1. The molecule has 2 aromatic rings. The van der Waals surface area contributed by atoms with Crippen molar-refractivity contribution >= 4 is 34.7 Å². The maximum absolute atomic E-state index is 13.2. The van der Waals surface area contributed by atoms with Crippen LogP contribution in [0.2, 0.25) is 0 Å². The molecular weight excluding hydrogens is 502 g/mol. The second-order valence-corrected chi connectivity index (χ2v) is 10.3. The summed E-state index contributed by atoms with van der Waals surface area (Å²) in [5.74, 6) is -1.61. The van der Waals surface area contributed by atoms with E-state index in [1.807, 2.05) is 19.9 Å². The molecular formula is C27H41N7O5. The van der Waals surface area contributed by atoms with Crippen LogP contribution in [0.4, 0.5) is 0 Å². The lowest BCUT2D eigenvalue weighted by atomic mass is 10.00. The van der Waals surface area contributed by atoms with Gasteiger partial charge < -0.3 is 37.6 Å². The van der Waals surface area contributed by atoms with Crippen molar-refractivity contribution in [2.75, 3.05) is 6.54 Å². The molecule has 3 atom stereocenters. The van der Waals surface area contributed by atoms with Crippen LogP contribution in [0.5, 0.6) is 0 Å². The zero-order valence-electron chi connectivity index (χ0n) is 23.0. The third kappa shape index (κ3) is 10.0. The van der Waals surface area contributed by atoms with Crippen molar-refractivity contribution < 1.29 is 18.8 Å². The third-order valence-electron chi connectivity index (χ3n) is 6.05. The number of hydrogen-bond donors (Lipinski definition) is 6. The Morgan fingerprint density at radius 1 is 1.00 bits per heavy atom. The number of carbonyl (C=O) groups is 3. The minimum atomic E-state index is -0.971. The number of carbonyl (C=O) groups excluding carboxylic acids is 3. The molecule has 0 radical (unpaired) electrons. The molecule has 0 bridgehead atoms. The van der Waals surface area contributed by atoms with Gasteiger partial charge in [0.05, 0.1) is 18.2 Å². The molecule has 0 aliphatic rings. The maximum Gasteiger partial charge on any atom is 0.341 e. The lowest BCUT2D eigenvalue weighted by Gasteiger charge is -2.26. The highest BCUT2D eigenvalue weighted by Crippen LogP contribution is 2.13. The molecule has 0 saturated heterocycles. The normalized spacial score (nSPS) is 13.5. The Kier molecular flexibility index (Phi) is 11.9. The SMILES string of the molecule is CC(C)C[C@H](N)C(=O)N[C@H](C(=O)N[C@@H](CCCN=C(N)N)C(=O)NCc1cc2ccccc2oc1=O)C(C)C. The van der Waals surface area contributed by atoms with Gasteiger partial charge in [0.25, 0.3) is 0 Å². The first-order valence-electron chi connectivity index (χ1n) is 13.1. The van der Waals surface area contributed by atoms with Gasteiger partial charge in [-0.1, -0.05) is 45.9 Å². The second kappa shape index (κ2) is 14.9. The predicted molar refractivity (Wildman–Crippen MR) is 150 cm³/mol. The Balaban J connectivity index is 2.15. The van der Waals surface area contributed by atoms with E-state index in [0.29, 0.717) is 18.4 Å². The molecule has 1 aromatic heterocycles. The van der Waals surface area contributed by atoms with Crippen molar-refractivity contribution in [1.29, 1.82) is 0 Å². The molecule has 2 rings (SSSR count). The van der Waals surface area contributed by atoms with Crippen molar-refractivity contribution in [2.45, 2.75) is 71.6 Å². The fourth-order valence-corrected chi connectivity index (χ4v) is 3.98. The van der Waals surface area contributed by atoms with E-state index in [2.05, 4.69) is 20.9 Å². The van der Waals surface area contributed by atoms with Crippen LogP contribution in [0.25, 0.3) is 11.0 Å². The molecule has 0 aliphatic heterocycles. The minimum Gasteiger partial charge on any atom is -0.422 e.